The van der Waals surface area contributed by atoms with E-state index in [1.165, 1.54) is 12.8 Å². The van der Waals surface area contributed by atoms with Crippen molar-refractivity contribution in [3.05, 3.63) is 23.2 Å². The van der Waals surface area contributed by atoms with Crippen LogP contribution in [-0.4, -0.2) is 30.4 Å². The van der Waals surface area contributed by atoms with E-state index in [1.807, 2.05) is 20.9 Å². The molecule has 2 rings (SSSR count). The fourth-order valence-corrected chi connectivity index (χ4v) is 2.33. The lowest BCUT2D eigenvalue weighted by Crippen LogP contribution is -2.43. The van der Waals surface area contributed by atoms with E-state index in [4.69, 9.17) is 10.2 Å². The number of hydrogen-bond acceptors (Lipinski definition) is 3. The topological polar surface area (TPSA) is 59.5 Å². The van der Waals surface area contributed by atoms with Gasteiger partial charge in [0.25, 0.3) is 5.91 Å². The monoisotopic (exact) mass is 236 g/mol. The summed E-state index contributed by atoms with van der Waals surface area (Å²) < 4.78 is 5.40. The maximum Gasteiger partial charge on any atom is 0.257 e. The van der Waals surface area contributed by atoms with Gasteiger partial charge in [-0.1, -0.05) is 0 Å². The molecule has 0 aliphatic heterocycles. The minimum atomic E-state index is 0.0155. The van der Waals surface area contributed by atoms with Gasteiger partial charge in [0.2, 0.25) is 0 Å². The molecular weight excluding hydrogens is 216 g/mol. The smallest absolute Gasteiger partial charge is 0.257 e. The molecule has 1 aromatic rings. The molecule has 2 N–H and O–H groups in total. The van der Waals surface area contributed by atoms with Gasteiger partial charge in [-0.15, -0.1) is 0 Å². The maximum atomic E-state index is 12.3. The SMILES string of the molecule is Cc1cc(C(=O)N(C)C(CN)C2CC2)c(C)o1. The van der Waals surface area contributed by atoms with Crippen LogP contribution in [0.1, 0.15) is 34.7 Å². The van der Waals surface area contributed by atoms with Crippen LogP contribution in [0.25, 0.3) is 0 Å². The summed E-state index contributed by atoms with van der Waals surface area (Å²) in [7, 11) is 1.83. The van der Waals surface area contributed by atoms with E-state index >= 15 is 0 Å². The normalized spacial score (nSPS) is 16.9. The van der Waals surface area contributed by atoms with Gasteiger partial charge in [0.05, 0.1) is 5.56 Å². The predicted molar refractivity (Wildman–Crippen MR) is 65.8 cm³/mol. The number of carbonyl (C=O) groups excluding carboxylic acids is 1. The Bertz CT molecular complexity index is 421. The summed E-state index contributed by atoms with van der Waals surface area (Å²) in [5, 5.41) is 0. The fourth-order valence-electron chi connectivity index (χ4n) is 2.33. The molecule has 0 aromatic carbocycles. The second kappa shape index (κ2) is 4.53. The number of aryl methyl sites for hydroxylation is 2. The van der Waals surface area contributed by atoms with Crippen molar-refractivity contribution in [1.82, 2.24) is 4.90 Å². The van der Waals surface area contributed by atoms with E-state index in [2.05, 4.69) is 0 Å². The van der Waals surface area contributed by atoms with Gasteiger partial charge in [0.1, 0.15) is 11.5 Å². The van der Waals surface area contributed by atoms with Gasteiger partial charge in [-0.05, 0) is 38.7 Å². The average Bonchev–Trinajstić information content (AvgIpc) is 3.04. The molecule has 1 heterocycles. The van der Waals surface area contributed by atoms with Crippen molar-refractivity contribution in [2.75, 3.05) is 13.6 Å². The molecule has 1 atom stereocenters. The first-order chi connectivity index (χ1) is 8.04. The molecule has 17 heavy (non-hydrogen) atoms. The highest BCUT2D eigenvalue weighted by Gasteiger charge is 2.35. The molecule has 0 saturated heterocycles. The van der Waals surface area contributed by atoms with E-state index in [0.717, 1.165) is 5.76 Å². The van der Waals surface area contributed by atoms with Crippen LogP contribution in [0, 0.1) is 19.8 Å². The van der Waals surface area contributed by atoms with Crippen LogP contribution >= 0.6 is 0 Å². The third-order valence-electron chi connectivity index (χ3n) is 3.50. The summed E-state index contributed by atoms with van der Waals surface area (Å²) in [6.45, 7) is 4.20. The number of hydrogen-bond donors (Lipinski definition) is 1. The van der Waals surface area contributed by atoms with E-state index < -0.39 is 0 Å². The van der Waals surface area contributed by atoms with Crippen molar-refractivity contribution in [3.63, 3.8) is 0 Å². The van der Waals surface area contributed by atoms with Crippen molar-refractivity contribution in [2.24, 2.45) is 11.7 Å². The molecule has 1 unspecified atom stereocenters. The van der Waals surface area contributed by atoms with Crippen molar-refractivity contribution in [1.29, 1.82) is 0 Å². The fraction of sp³-hybridized carbons (Fsp3) is 0.615. The van der Waals surface area contributed by atoms with E-state index in [1.54, 1.807) is 11.0 Å². The number of furan rings is 1. The molecule has 94 valence electrons. The summed E-state index contributed by atoms with van der Waals surface area (Å²) in [6.07, 6.45) is 2.37. The van der Waals surface area contributed by atoms with Crippen LogP contribution in [-0.2, 0) is 0 Å². The lowest BCUT2D eigenvalue weighted by molar-refractivity contribution is 0.0717. The summed E-state index contributed by atoms with van der Waals surface area (Å²) in [5.74, 6) is 2.06. The first-order valence-electron chi connectivity index (χ1n) is 6.09. The molecule has 1 fully saturated rings. The third-order valence-corrected chi connectivity index (χ3v) is 3.50. The van der Waals surface area contributed by atoms with E-state index in [9.17, 15) is 4.79 Å². The molecule has 1 aromatic heterocycles. The lowest BCUT2D eigenvalue weighted by Gasteiger charge is -2.26. The number of nitrogens with two attached hydrogens (primary N) is 1. The first-order valence-corrected chi connectivity index (χ1v) is 6.09. The Morgan fingerprint density at radius 1 is 1.59 bits per heavy atom. The Balaban J connectivity index is 2.15. The third kappa shape index (κ3) is 2.36. The summed E-state index contributed by atoms with van der Waals surface area (Å²) >= 11 is 0. The largest absolute Gasteiger partial charge is 0.466 e. The van der Waals surface area contributed by atoms with Crippen LogP contribution in [0.15, 0.2) is 10.5 Å². The van der Waals surface area contributed by atoms with Crippen LogP contribution in [0.3, 0.4) is 0 Å². The molecule has 4 nitrogen and oxygen atoms in total. The molecule has 1 aliphatic rings. The zero-order chi connectivity index (χ0) is 12.6. The van der Waals surface area contributed by atoms with Crippen LogP contribution in [0.5, 0.6) is 0 Å². The van der Waals surface area contributed by atoms with Gasteiger partial charge in [-0.3, -0.25) is 4.79 Å². The van der Waals surface area contributed by atoms with Gasteiger partial charge in [0, 0.05) is 19.6 Å². The molecular formula is C13H20N2O2. The van der Waals surface area contributed by atoms with Crippen molar-refractivity contribution in [2.45, 2.75) is 32.7 Å². The highest BCUT2D eigenvalue weighted by atomic mass is 16.3. The number of likely N-dealkylation sites (N-methyl/N-ethyl adjacent to an activating group) is 1. The molecule has 1 aliphatic carbocycles. The molecule has 0 spiro atoms. The molecule has 0 radical (unpaired) electrons. The Kier molecular flexibility index (Phi) is 3.24. The standard InChI is InChI=1S/C13H20N2O2/c1-8-6-11(9(2)17-8)13(16)15(3)12(7-14)10-4-5-10/h6,10,12H,4-5,7,14H2,1-3H3. The Hall–Kier alpha value is -1.29. The Morgan fingerprint density at radius 3 is 2.65 bits per heavy atom. The van der Waals surface area contributed by atoms with Crippen molar-refractivity contribution >= 4 is 5.91 Å². The predicted octanol–water partition coefficient (Wildman–Crippen LogP) is 1.71. The van der Waals surface area contributed by atoms with Gasteiger partial charge >= 0.3 is 0 Å². The number of rotatable bonds is 4. The van der Waals surface area contributed by atoms with Gasteiger partial charge in [-0.2, -0.15) is 0 Å². The van der Waals surface area contributed by atoms with Crippen molar-refractivity contribution in [3.8, 4) is 0 Å². The average molecular weight is 236 g/mol. The number of amides is 1. The van der Waals surface area contributed by atoms with Gasteiger partial charge in [-0.25, -0.2) is 0 Å². The minimum absolute atomic E-state index is 0.0155. The molecule has 0 bridgehead atoms. The van der Waals surface area contributed by atoms with Gasteiger partial charge in [0.15, 0.2) is 0 Å². The van der Waals surface area contributed by atoms with Gasteiger partial charge < -0.3 is 15.1 Å². The maximum absolute atomic E-state index is 12.3. The second-order valence-corrected chi connectivity index (χ2v) is 4.88. The minimum Gasteiger partial charge on any atom is -0.466 e. The Morgan fingerprint density at radius 2 is 2.24 bits per heavy atom. The first kappa shape index (κ1) is 12.2. The lowest BCUT2D eigenvalue weighted by atomic mass is 10.1. The summed E-state index contributed by atoms with van der Waals surface area (Å²) in [6, 6.07) is 1.96. The summed E-state index contributed by atoms with van der Waals surface area (Å²) in [5.41, 5.74) is 6.41. The molecule has 1 amide bonds. The zero-order valence-corrected chi connectivity index (χ0v) is 10.7. The van der Waals surface area contributed by atoms with Crippen LogP contribution in [0.2, 0.25) is 0 Å². The Labute approximate surface area is 102 Å². The second-order valence-electron chi connectivity index (χ2n) is 4.88. The van der Waals surface area contributed by atoms with Crippen molar-refractivity contribution < 1.29 is 9.21 Å². The quantitative estimate of drug-likeness (QED) is 0.865. The molecule has 1 saturated carbocycles. The zero-order valence-electron chi connectivity index (χ0n) is 10.7. The van der Waals surface area contributed by atoms with Crippen LogP contribution < -0.4 is 5.73 Å². The summed E-state index contributed by atoms with van der Waals surface area (Å²) in [4.78, 5) is 14.1. The number of nitrogens with zero attached hydrogens (tertiary/aromatic N) is 1. The van der Waals surface area contributed by atoms with Crippen LogP contribution in [0.4, 0.5) is 0 Å². The highest BCUT2D eigenvalue weighted by molar-refractivity contribution is 5.95. The number of carbonyl (C=O) groups is 1. The molecule has 4 heteroatoms. The van der Waals surface area contributed by atoms with E-state index in [-0.39, 0.29) is 11.9 Å². The highest BCUT2D eigenvalue weighted by Crippen LogP contribution is 2.35. The van der Waals surface area contributed by atoms with E-state index in [0.29, 0.717) is 23.8 Å².